The molecule has 42 heavy (non-hydrogen) atoms. The minimum atomic E-state index is -1.39. The Balaban J connectivity index is 1.79. The topological polar surface area (TPSA) is 85.3 Å². The molecule has 4 rings (SSSR count). The van der Waals surface area contributed by atoms with Gasteiger partial charge in [-0.1, -0.05) is 51.1 Å². The molecule has 0 saturated carbocycles. The number of hydrogen-bond donors (Lipinski definition) is 1. The van der Waals surface area contributed by atoms with Crippen molar-refractivity contribution < 1.29 is 37.8 Å². The number of carbonyl (C=O) groups excluding carboxylic acids is 1. The number of carboxylic acids is 1. The number of ether oxygens (including phenoxy) is 3. The molecule has 230 valence electrons. The third-order valence-electron chi connectivity index (χ3n) is 8.56. The Morgan fingerprint density at radius 1 is 1.07 bits per heavy atom. The van der Waals surface area contributed by atoms with Gasteiger partial charge in [0, 0.05) is 36.3 Å². The summed E-state index contributed by atoms with van der Waals surface area (Å²) >= 11 is 0. The lowest BCUT2D eigenvalue weighted by Crippen LogP contribution is -2.71. The van der Waals surface area contributed by atoms with Crippen molar-refractivity contribution >= 4 is 11.9 Å². The summed E-state index contributed by atoms with van der Waals surface area (Å²) in [4.78, 5) is 27.9. The number of likely N-dealkylation sites (N-methyl/N-ethyl adjacent to an activating group) is 1. The van der Waals surface area contributed by atoms with E-state index >= 15 is 4.39 Å². The molecule has 2 aromatic rings. The number of hydrogen-bond acceptors (Lipinski definition) is 5. The van der Waals surface area contributed by atoms with Gasteiger partial charge in [-0.25, -0.2) is 9.18 Å². The molecule has 0 aliphatic carbocycles. The lowest BCUT2D eigenvalue weighted by atomic mass is 9.84. The van der Waals surface area contributed by atoms with E-state index in [0.717, 1.165) is 24.8 Å². The van der Waals surface area contributed by atoms with Gasteiger partial charge < -0.3 is 19.3 Å². The zero-order chi connectivity index (χ0) is 30.9. The van der Waals surface area contributed by atoms with E-state index in [1.54, 1.807) is 18.0 Å². The molecule has 0 radical (unpaired) electrons. The van der Waals surface area contributed by atoms with Crippen LogP contribution in [0.15, 0.2) is 42.5 Å². The number of nitrogens with zero attached hydrogens (tertiary/aromatic N) is 2. The van der Waals surface area contributed by atoms with Gasteiger partial charge in [0.2, 0.25) is 0 Å². The van der Waals surface area contributed by atoms with Gasteiger partial charge in [-0.15, -0.1) is 0 Å². The van der Waals surface area contributed by atoms with Crippen LogP contribution in [0.2, 0.25) is 0 Å². The van der Waals surface area contributed by atoms with E-state index < -0.39 is 40.9 Å². The SMILES string of the molecule is CN1C(=O)C(C(=O)O)[N+](Cc2cc(COC3CCCCO3)c(OCc3ccccc3)cc2F)(C(C)(C)C)C1C(C)(C)C. The number of aliphatic carboxylic acids is 1. The second-order valence-electron chi connectivity index (χ2n) is 13.6. The quantitative estimate of drug-likeness (QED) is 0.293. The molecule has 2 heterocycles. The van der Waals surface area contributed by atoms with Crippen LogP contribution in [-0.2, 0) is 38.8 Å². The molecule has 2 fully saturated rings. The van der Waals surface area contributed by atoms with Gasteiger partial charge in [-0.05, 0) is 51.7 Å². The molecule has 0 bridgehead atoms. The van der Waals surface area contributed by atoms with Crippen LogP contribution in [0, 0.1) is 11.2 Å². The van der Waals surface area contributed by atoms with Gasteiger partial charge in [0.05, 0.1) is 12.1 Å². The van der Waals surface area contributed by atoms with Crippen molar-refractivity contribution in [1.82, 2.24) is 4.90 Å². The maximum Gasteiger partial charge on any atom is 0.372 e. The van der Waals surface area contributed by atoms with Crippen LogP contribution in [0.25, 0.3) is 0 Å². The van der Waals surface area contributed by atoms with Crippen LogP contribution >= 0.6 is 0 Å². The average Bonchev–Trinajstić information content (AvgIpc) is 3.16. The first-order valence-corrected chi connectivity index (χ1v) is 14.7. The van der Waals surface area contributed by atoms with E-state index in [1.807, 2.05) is 71.9 Å². The lowest BCUT2D eigenvalue weighted by Gasteiger charge is -2.54. The third-order valence-corrected chi connectivity index (χ3v) is 8.56. The molecule has 2 saturated heterocycles. The maximum absolute atomic E-state index is 16.1. The molecular weight excluding hydrogens is 539 g/mol. The van der Waals surface area contributed by atoms with Crippen molar-refractivity contribution in [1.29, 1.82) is 0 Å². The first-order valence-electron chi connectivity index (χ1n) is 14.7. The minimum Gasteiger partial charge on any atom is -0.488 e. The molecular formula is C33H46FN2O6+. The fourth-order valence-electron chi connectivity index (χ4n) is 6.77. The molecule has 0 aromatic heterocycles. The van der Waals surface area contributed by atoms with Gasteiger partial charge in [-0.3, -0.25) is 14.2 Å². The molecule has 2 aliphatic heterocycles. The summed E-state index contributed by atoms with van der Waals surface area (Å²) in [5, 5.41) is 10.4. The molecule has 2 aromatic carbocycles. The fraction of sp³-hybridized carbons (Fsp3) is 0.576. The molecule has 2 aliphatic rings. The first kappa shape index (κ1) is 31.9. The van der Waals surface area contributed by atoms with Crippen LogP contribution in [0.4, 0.5) is 4.39 Å². The van der Waals surface area contributed by atoms with Gasteiger partial charge in [-0.2, -0.15) is 0 Å². The average molecular weight is 586 g/mol. The summed E-state index contributed by atoms with van der Waals surface area (Å²) in [5.74, 6) is -1.85. The Bertz CT molecular complexity index is 1270. The number of benzene rings is 2. The molecule has 1 N–H and O–H groups in total. The predicted molar refractivity (Wildman–Crippen MR) is 157 cm³/mol. The Morgan fingerprint density at radius 2 is 1.76 bits per heavy atom. The number of amides is 1. The molecule has 0 spiro atoms. The Hall–Kier alpha value is -3.01. The maximum atomic E-state index is 16.1. The van der Waals surface area contributed by atoms with Gasteiger partial charge >= 0.3 is 5.97 Å². The van der Waals surface area contributed by atoms with Gasteiger partial charge in [0.1, 0.15) is 24.7 Å². The highest BCUT2D eigenvalue weighted by atomic mass is 19.1. The summed E-state index contributed by atoms with van der Waals surface area (Å²) in [6.07, 6.45) is 1.91. The van der Waals surface area contributed by atoms with Gasteiger partial charge in [0.25, 0.3) is 11.9 Å². The zero-order valence-electron chi connectivity index (χ0n) is 26.0. The summed E-state index contributed by atoms with van der Waals surface area (Å²) in [7, 11) is 1.65. The van der Waals surface area contributed by atoms with Crippen LogP contribution in [0.1, 0.15) is 77.5 Å². The van der Waals surface area contributed by atoms with Crippen molar-refractivity contribution in [2.45, 2.75) is 105 Å². The van der Waals surface area contributed by atoms with E-state index in [4.69, 9.17) is 14.2 Å². The summed E-state index contributed by atoms with van der Waals surface area (Å²) in [5.41, 5.74) is 0.660. The van der Waals surface area contributed by atoms with Gasteiger partial charge in [0.15, 0.2) is 12.5 Å². The van der Waals surface area contributed by atoms with Crippen molar-refractivity contribution in [3.05, 3.63) is 65.0 Å². The van der Waals surface area contributed by atoms with Crippen LogP contribution < -0.4 is 4.74 Å². The van der Waals surface area contributed by atoms with Crippen LogP contribution in [0.5, 0.6) is 5.75 Å². The minimum absolute atomic E-state index is 0.00376. The standard InChI is InChI=1S/C33H45FN2O6/c1-32(2,3)31-35(7)29(37)28(30(38)39)36(31,33(4,5)6)19-23-17-24(21-42-27-15-11-12-16-40-27)26(18-25(23)34)41-20-22-13-9-8-10-14-22/h8-10,13-14,17-18,27-28,31H,11-12,15-16,19-21H2,1-7H3/p+1. The largest absolute Gasteiger partial charge is 0.488 e. The van der Waals surface area contributed by atoms with E-state index in [-0.39, 0.29) is 30.5 Å². The smallest absolute Gasteiger partial charge is 0.372 e. The highest BCUT2D eigenvalue weighted by Gasteiger charge is 2.68. The van der Waals surface area contributed by atoms with Crippen molar-refractivity contribution in [3.8, 4) is 5.75 Å². The number of rotatable bonds is 9. The van der Waals surface area contributed by atoms with E-state index in [1.165, 1.54) is 6.07 Å². The lowest BCUT2D eigenvalue weighted by molar-refractivity contribution is -1.01. The molecule has 4 atom stereocenters. The first-order chi connectivity index (χ1) is 19.7. The third kappa shape index (κ3) is 6.33. The van der Waals surface area contributed by atoms with Crippen LogP contribution in [-0.4, -0.2) is 64.1 Å². The van der Waals surface area contributed by atoms with Crippen LogP contribution in [0.3, 0.4) is 0 Å². The molecule has 8 nitrogen and oxygen atoms in total. The number of halogens is 1. The Morgan fingerprint density at radius 3 is 2.33 bits per heavy atom. The highest BCUT2D eigenvalue weighted by Crippen LogP contribution is 2.48. The molecule has 1 amide bonds. The molecule has 4 unspecified atom stereocenters. The normalized spacial score (nSPS) is 25.1. The number of quaternary nitrogens is 1. The number of carboxylic acid groups (broad SMARTS) is 1. The zero-order valence-corrected chi connectivity index (χ0v) is 26.0. The summed E-state index contributed by atoms with van der Waals surface area (Å²) in [6.45, 7) is 12.8. The van der Waals surface area contributed by atoms with Crippen molar-refractivity contribution in [2.75, 3.05) is 13.7 Å². The van der Waals surface area contributed by atoms with E-state index in [2.05, 4.69) is 0 Å². The second-order valence-corrected chi connectivity index (χ2v) is 13.6. The van der Waals surface area contributed by atoms with E-state index in [0.29, 0.717) is 23.5 Å². The molecule has 9 heteroatoms. The van der Waals surface area contributed by atoms with Crippen molar-refractivity contribution in [3.63, 3.8) is 0 Å². The predicted octanol–water partition coefficient (Wildman–Crippen LogP) is 5.86. The number of carbonyl (C=O) groups is 2. The summed E-state index contributed by atoms with van der Waals surface area (Å²) in [6, 6.07) is 11.3. The van der Waals surface area contributed by atoms with E-state index in [9.17, 15) is 14.7 Å². The Kier molecular flexibility index (Phi) is 9.35. The highest BCUT2D eigenvalue weighted by molar-refractivity contribution is 6.01. The fourth-order valence-corrected chi connectivity index (χ4v) is 6.77. The monoisotopic (exact) mass is 585 g/mol. The Labute approximate surface area is 248 Å². The second kappa shape index (κ2) is 12.3. The van der Waals surface area contributed by atoms with Crippen molar-refractivity contribution in [2.24, 2.45) is 5.41 Å². The summed E-state index contributed by atoms with van der Waals surface area (Å²) < 4.78 is 33.9.